The van der Waals surface area contributed by atoms with Crippen LogP contribution >= 0.6 is 0 Å². The van der Waals surface area contributed by atoms with Crippen molar-refractivity contribution in [2.45, 2.75) is 51.6 Å². The zero-order chi connectivity index (χ0) is 15.9. The number of rotatable bonds is 8. The standard InChI is InChI=1S/C16H22F2N2O/c1-4-16(11-19,20-12(2)3)8-5-9-21-13-6-7-14(17)15(18)10-13/h6-7,10,12,20H,4-5,8-9H2,1-3H3. The van der Waals surface area contributed by atoms with Crippen LogP contribution in [0.3, 0.4) is 0 Å². The predicted octanol–water partition coefficient (Wildman–Crippen LogP) is 3.79. The Bertz CT molecular complexity index is 500. The maximum absolute atomic E-state index is 13.0. The summed E-state index contributed by atoms with van der Waals surface area (Å²) in [5, 5.41) is 12.6. The highest BCUT2D eigenvalue weighted by Crippen LogP contribution is 2.19. The van der Waals surface area contributed by atoms with E-state index in [9.17, 15) is 14.0 Å². The molecule has 21 heavy (non-hydrogen) atoms. The minimum absolute atomic E-state index is 0.219. The molecule has 1 atom stereocenters. The normalized spacial score (nSPS) is 13.8. The molecule has 1 aromatic rings. The van der Waals surface area contributed by atoms with Gasteiger partial charge in [-0.15, -0.1) is 0 Å². The number of ether oxygens (including phenoxy) is 1. The first-order valence-corrected chi connectivity index (χ1v) is 7.19. The molecule has 0 fully saturated rings. The predicted molar refractivity (Wildman–Crippen MR) is 78.0 cm³/mol. The second kappa shape index (κ2) is 7.94. The van der Waals surface area contributed by atoms with Crippen LogP contribution in [0.4, 0.5) is 8.78 Å². The molecule has 0 bridgehead atoms. The van der Waals surface area contributed by atoms with E-state index in [2.05, 4.69) is 11.4 Å². The molecule has 1 rings (SSSR count). The minimum Gasteiger partial charge on any atom is -0.493 e. The number of hydrogen-bond acceptors (Lipinski definition) is 3. The van der Waals surface area contributed by atoms with E-state index in [4.69, 9.17) is 4.74 Å². The lowest BCUT2D eigenvalue weighted by Gasteiger charge is -2.29. The van der Waals surface area contributed by atoms with Gasteiger partial charge in [0.2, 0.25) is 0 Å². The first kappa shape index (κ1) is 17.4. The zero-order valence-electron chi connectivity index (χ0n) is 12.7. The highest BCUT2D eigenvalue weighted by Gasteiger charge is 2.27. The van der Waals surface area contributed by atoms with E-state index in [1.54, 1.807) is 0 Å². The van der Waals surface area contributed by atoms with E-state index >= 15 is 0 Å². The molecule has 1 aromatic carbocycles. The van der Waals surface area contributed by atoms with Gasteiger partial charge in [-0.1, -0.05) is 6.92 Å². The van der Waals surface area contributed by atoms with Gasteiger partial charge in [0, 0.05) is 12.1 Å². The topological polar surface area (TPSA) is 45.0 Å². The molecule has 0 spiro atoms. The lowest BCUT2D eigenvalue weighted by molar-refractivity contribution is 0.267. The van der Waals surface area contributed by atoms with Crippen LogP contribution in [0.5, 0.6) is 5.75 Å². The van der Waals surface area contributed by atoms with Crippen LogP contribution in [0, 0.1) is 23.0 Å². The second-order valence-electron chi connectivity index (χ2n) is 5.37. The maximum Gasteiger partial charge on any atom is 0.162 e. The van der Waals surface area contributed by atoms with Crippen molar-refractivity contribution >= 4 is 0 Å². The van der Waals surface area contributed by atoms with Crippen LogP contribution in [-0.4, -0.2) is 18.2 Å². The van der Waals surface area contributed by atoms with Gasteiger partial charge in [-0.25, -0.2) is 8.78 Å². The number of nitrogens with one attached hydrogen (secondary N) is 1. The van der Waals surface area contributed by atoms with E-state index in [-0.39, 0.29) is 6.04 Å². The van der Waals surface area contributed by atoms with Crippen LogP contribution in [0.1, 0.15) is 40.0 Å². The van der Waals surface area contributed by atoms with Gasteiger partial charge >= 0.3 is 0 Å². The van der Waals surface area contributed by atoms with Gasteiger partial charge in [-0.05, 0) is 45.2 Å². The molecule has 0 aromatic heterocycles. The lowest BCUT2D eigenvalue weighted by Crippen LogP contribution is -2.47. The molecule has 0 radical (unpaired) electrons. The van der Waals surface area contributed by atoms with E-state index in [0.29, 0.717) is 31.6 Å². The molecule has 0 aliphatic rings. The monoisotopic (exact) mass is 296 g/mol. The molecule has 0 saturated heterocycles. The van der Waals surface area contributed by atoms with Gasteiger partial charge in [0.1, 0.15) is 11.3 Å². The third-order valence-corrected chi connectivity index (χ3v) is 3.29. The van der Waals surface area contributed by atoms with Gasteiger partial charge < -0.3 is 4.74 Å². The number of hydrogen-bond donors (Lipinski definition) is 1. The number of benzene rings is 1. The smallest absolute Gasteiger partial charge is 0.162 e. The lowest BCUT2D eigenvalue weighted by atomic mass is 9.91. The summed E-state index contributed by atoms with van der Waals surface area (Å²) >= 11 is 0. The van der Waals surface area contributed by atoms with Crippen LogP contribution in [0.15, 0.2) is 18.2 Å². The first-order valence-electron chi connectivity index (χ1n) is 7.19. The molecule has 0 amide bonds. The number of nitriles is 1. The average molecular weight is 296 g/mol. The molecule has 5 heteroatoms. The summed E-state index contributed by atoms with van der Waals surface area (Å²) in [5.74, 6) is -1.52. The summed E-state index contributed by atoms with van der Waals surface area (Å²) in [6, 6.07) is 6.01. The quantitative estimate of drug-likeness (QED) is 0.742. The van der Waals surface area contributed by atoms with Crippen molar-refractivity contribution in [1.82, 2.24) is 5.32 Å². The third kappa shape index (κ3) is 5.31. The average Bonchev–Trinajstić information content (AvgIpc) is 2.45. The molecular formula is C16H22F2N2O. The van der Waals surface area contributed by atoms with Gasteiger partial charge in [-0.2, -0.15) is 5.26 Å². The molecule has 0 aliphatic carbocycles. The Morgan fingerprint density at radius 3 is 2.57 bits per heavy atom. The van der Waals surface area contributed by atoms with Gasteiger partial charge in [0.25, 0.3) is 0 Å². The second-order valence-corrected chi connectivity index (χ2v) is 5.37. The fourth-order valence-electron chi connectivity index (χ4n) is 2.20. The Balaban J connectivity index is 2.48. The Morgan fingerprint density at radius 2 is 2.05 bits per heavy atom. The minimum atomic E-state index is -0.922. The summed E-state index contributed by atoms with van der Waals surface area (Å²) in [6.45, 7) is 6.32. The Morgan fingerprint density at radius 1 is 1.33 bits per heavy atom. The fraction of sp³-hybridized carbons (Fsp3) is 0.562. The van der Waals surface area contributed by atoms with Gasteiger partial charge in [0.05, 0.1) is 12.7 Å². The van der Waals surface area contributed by atoms with E-state index in [1.807, 2.05) is 20.8 Å². The molecule has 0 aliphatic heterocycles. The Kier molecular flexibility index (Phi) is 6.57. The van der Waals surface area contributed by atoms with E-state index in [1.165, 1.54) is 6.07 Å². The zero-order valence-corrected chi connectivity index (χ0v) is 12.7. The van der Waals surface area contributed by atoms with Crippen molar-refractivity contribution in [1.29, 1.82) is 5.26 Å². The van der Waals surface area contributed by atoms with E-state index in [0.717, 1.165) is 12.1 Å². The summed E-state index contributed by atoms with van der Waals surface area (Å²) in [5.41, 5.74) is -0.564. The SMILES string of the molecule is CCC(C#N)(CCCOc1ccc(F)c(F)c1)NC(C)C. The molecule has 0 heterocycles. The van der Waals surface area contributed by atoms with Crippen molar-refractivity contribution in [3.05, 3.63) is 29.8 Å². The highest BCUT2D eigenvalue weighted by atomic mass is 19.2. The molecular weight excluding hydrogens is 274 g/mol. The Labute approximate surface area is 124 Å². The maximum atomic E-state index is 13.0. The van der Waals surface area contributed by atoms with Crippen molar-refractivity contribution in [3.8, 4) is 11.8 Å². The largest absolute Gasteiger partial charge is 0.493 e. The molecule has 3 nitrogen and oxygen atoms in total. The number of nitrogens with zero attached hydrogens (tertiary/aromatic N) is 1. The summed E-state index contributed by atoms with van der Waals surface area (Å²) < 4.78 is 31.2. The van der Waals surface area contributed by atoms with Crippen LogP contribution in [0.2, 0.25) is 0 Å². The summed E-state index contributed by atoms with van der Waals surface area (Å²) in [4.78, 5) is 0. The van der Waals surface area contributed by atoms with Crippen LogP contribution in [0.25, 0.3) is 0 Å². The van der Waals surface area contributed by atoms with Crippen molar-refractivity contribution in [2.24, 2.45) is 0 Å². The summed E-state index contributed by atoms with van der Waals surface area (Å²) in [6.07, 6.45) is 1.99. The van der Waals surface area contributed by atoms with Gasteiger partial charge in [-0.3, -0.25) is 5.32 Å². The fourth-order valence-corrected chi connectivity index (χ4v) is 2.20. The first-order chi connectivity index (χ1) is 9.92. The molecule has 1 N–H and O–H groups in total. The van der Waals surface area contributed by atoms with Gasteiger partial charge in [0.15, 0.2) is 11.6 Å². The van der Waals surface area contributed by atoms with Crippen molar-refractivity contribution < 1.29 is 13.5 Å². The molecule has 0 saturated carbocycles. The van der Waals surface area contributed by atoms with Crippen LogP contribution < -0.4 is 10.1 Å². The Hall–Kier alpha value is -1.67. The highest BCUT2D eigenvalue weighted by molar-refractivity contribution is 5.23. The summed E-state index contributed by atoms with van der Waals surface area (Å²) in [7, 11) is 0. The van der Waals surface area contributed by atoms with Crippen molar-refractivity contribution in [2.75, 3.05) is 6.61 Å². The molecule has 1 unspecified atom stereocenters. The third-order valence-electron chi connectivity index (χ3n) is 3.29. The van der Waals surface area contributed by atoms with Crippen LogP contribution in [-0.2, 0) is 0 Å². The van der Waals surface area contributed by atoms with E-state index < -0.39 is 17.2 Å². The number of halogens is 2. The molecule has 116 valence electrons. The van der Waals surface area contributed by atoms with Crippen molar-refractivity contribution in [3.63, 3.8) is 0 Å².